The Morgan fingerprint density at radius 2 is 2.23 bits per heavy atom. The van der Waals surface area contributed by atoms with Crippen LogP contribution in [0.15, 0.2) is 22.8 Å². The van der Waals surface area contributed by atoms with Gasteiger partial charge in [0.25, 0.3) is 0 Å². The Morgan fingerprint density at radius 3 is 2.69 bits per heavy atom. The molecule has 0 amide bonds. The molecule has 1 heterocycles. The summed E-state index contributed by atoms with van der Waals surface area (Å²) in [6.07, 6.45) is 1.66. The van der Waals surface area contributed by atoms with Gasteiger partial charge in [0.05, 0.1) is 17.8 Å². The quantitative estimate of drug-likeness (QED) is 0.738. The lowest BCUT2D eigenvalue weighted by atomic mass is 9.97. The minimum Gasteiger partial charge on any atom is -0.467 e. The van der Waals surface area contributed by atoms with Crippen molar-refractivity contribution in [1.29, 1.82) is 0 Å². The van der Waals surface area contributed by atoms with Gasteiger partial charge in [-0.3, -0.25) is 0 Å². The molecule has 13 heavy (non-hydrogen) atoms. The van der Waals surface area contributed by atoms with Gasteiger partial charge in [0.1, 0.15) is 5.76 Å². The fourth-order valence-corrected chi connectivity index (χ4v) is 0.918. The van der Waals surface area contributed by atoms with E-state index in [0.717, 1.165) is 10.7 Å². The zero-order valence-electron chi connectivity index (χ0n) is 8.26. The molecule has 0 radical (unpaired) electrons. The highest BCUT2D eigenvalue weighted by atomic mass is 32.1. The highest BCUT2D eigenvalue weighted by molar-refractivity contribution is 7.80. The molecule has 0 saturated heterocycles. The summed E-state index contributed by atoms with van der Waals surface area (Å²) in [6.45, 7) is 6.93. The van der Waals surface area contributed by atoms with E-state index in [2.05, 4.69) is 26.1 Å². The second-order valence-electron chi connectivity index (χ2n) is 4.01. The number of hydrogen-bond acceptors (Lipinski definition) is 2. The SMILES string of the molecule is CC(C)(C)C(=S)NCc1ccco1. The van der Waals surface area contributed by atoms with E-state index < -0.39 is 0 Å². The Hall–Kier alpha value is -0.830. The molecule has 0 saturated carbocycles. The van der Waals surface area contributed by atoms with Gasteiger partial charge < -0.3 is 9.73 Å². The number of rotatable bonds is 2. The van der Waals surface area contributed by atoms with Crippen LogP contribution in [0.3, 0.4) is 0 Å². The molecule has 1 rings (SSSR count). The Balaban J connectivity index is 2.40. The zero-order chi connectivity index (χ0) is 9.90. The molecule has 0 spiro atoms. The summed E-state index contributed by atoms with van der Waals surface area (Å²) in [4.78, 5) is 0.865. The molecule has 0 aromatic carbocycles. The van der Waals surface area contributed by atoms with Crippen LogP contribution in [0, 0.1) is 5.41 Å². The number of nitrogens with one attached hydrogen (secondary N) is 1. The third kappa shape index (κ3) is 3.19. The molecule has 3 heteroatoms. The summed E-state index contributed by atoms with van der Waals surface area (Å²) in [5.41, 5.74) is 0.0297. The molecule has 0 aliphatic heterocycles. The van der Waals surface area contributed by atoms with Crippen LogP contribution in [-0.4, -0.2) is 4.99 Å². The van der Waals surface area contributed by atoms with Crippen LogP contribution in [0.2, 0.25) is 0 Å². The highest BCUT2D eigenvalue weighted by Gasteiger charge is 2.16. The molecule has 1 aromatic rings. The van der Waals surface area contributed by atoms with Crippen molar-refractivity contribution in [2.75, 3.05) is 0 Å². The third-order valence-electron chi connectivity index (χ3n) is 1.68. The first-order valence-electron chi connectivity index (χ1n) is 4.31. The van der Waals surface area contributed by atoms with Crippen molar-refractivity contribution < 1.29 is 4.42 Å². The van der Waals surface area contributed by atoms with Crippen LogP contribution in [0.4, 0.5) is 0 Å². The summed E-state index contributed by atoms with van der Waals surface area (Å²) in [7, 11) is 0. The van der Waals surface area contributed by atoms with Crippen LogP contribution in [0.25, 0.3) is 0 Å². The van der Waals surface area contributed by atoms with E-state index in [1.54, 1.807) is 6.26 Å². The fraction of sp³-hybridized carbons (Fsp3) is 0.500. The molecule has 0 fully saturated rings. The summed E-state index contributed by atoms with van der Waals surface area (Å²) < 4.78 is 5.17. The van der Waals surface area contributed by atoms with Gasteiger partial charge in [0.15, 0.2) is 0 Å². The molecule has 72 valence electrons. The van der Waals surface area contributed by atoms with Crippen molar-refractivity contribution in [3.8, 4) is 0 Å². The maximum absolute atomic E-state index is 5.21. The van der Waals surface area contributed by atoms with Gasteiger partial charge in [-0.25, -0.2) is 0 Å². The van der Waals surface area contributed by atoms with Crippen molar-refractivity contribution in [2.24, 2.45) is 5.41 Å². The molecule has 0 atom stereocenters. The van der Waals surface area contributed by atoms with E-state index in [4.69, 9.17) is 16.6 Å². The minimum atomic E-state index is 0.0297. The Morgan fingerprint density at radius 1 is 1.54 bits per heavy atom. The first kappa shape index (κ1) is 10.3. The molecule has 0 aliphatic rings. The maximum atomic E-state index is 5.21. The van der Waals surface area contributed by atoms with E-state index >= 15 is 0 Å². The Kier molecular flexibility index (Phi) is 3.09. The number of furan rings is 1. The minimum absolute atomic E-state index is 0.0297. The molecule has 1 N–H and O–H groups in total. The van der Waals surface area contributed by atoms with Gasteiger partial charge >= 0.3 is 0 Å². The maximum Gasteiger partial charge on any atom is 0.122 e. The van der Waals surface area contributed by atoms with Crippen LogP contribution in [-0.2, 0) is 6.54 Å². The van der Waals surface area contributed by atoms with Crippen molar-refractivity contribution in [1.82, 2.24) is 5.32 Å². The molecular weight excluding hydrogens is 182 g/mol. The van der Waals surface area contributed by atoms with Crippen molar-refractivity contribution in [3.63, 3.8) is 0 Å². The monoisotopic (exact) mass is 197 g/mol. The second-order valence-corrected chi connectivity index (χ2v) is 4.42. The summed E-state index contributed by atoms with van der Waals surface area (Å²) in [5.74, 6) is 0.909. The predicted octanol–water partition coefficient (Wildman–Crippen LogP) is 2.74. The third-order valence-corrected chi connectivity index (χ3v) is 2.44. The van der Waals surface area contributed by atoms with E-state index in [-0.39, 0.29) is 5.41 Å². The zero-order valence-corrected chi connectivity index (χ0v) is 9.07. The summed E-state index contributed by atoms with van der Waals surface area (Å²) in [6, 6.07) is 3.80. The Bertz CT molecular complexity index is 272. The highest BCUT2D eigenvalue weighted by Crippen LogP contribution is 2.14. The van der Waals surface area contributed by atoms with Crippen LogP contribution < -0.4 is 5.32 Å². The lowest BCUT2D eigenvalue weighted by Crippen LogP contribution is -2.32. The van der Waals surface area contributed by atoms with Gasteiger partial charge in [-0.2, -0.15) is 0 Å². The van der Waals surface area contributed by atoms with E-state index in [9.17, 15) is 0 Å². The molecule has 0 bridgehead atoms. The van der Waals surface area contributed by atoms with Crippen molar-refractivity contribution >= 4 is 17.2 Å². The van der Waals surface area contributed by atoms with Crippen LogP contribution >= 0.6 is 12.2 Å². The van der Waals surface area contributed by atoms with E-state index in [1.165, 1.54) is 0 Å². The number of hydrogen-bond donors (Lipinski definition) is 1. The molecule has 0 unspecified atom stereocenters. The number of thiocarbonyl (C=S) groups is 1. The lowest BCUT2D eigenvalue weighted by Gasteiger charge is -2.20. The van der Waals surface area contributed by atoms with Gasteiger partial charge in [0, 0.05) is 5.41 Å². The summed E-state index contributed by atoms with van der Waals surface area (Å²) in [5, 5.41) is 3.16. The Labute approximate surface area is 84.3 Å². The molecule has 1 aromatic heterocycles. The van der Waals surface area contributed by atoms with Crippen molar-refractivity contribution in [2.45, 2.75) is 27.3 Å². The lowest BCUT2D eigenvalue weighted by molar-refractivity contribution is 0.495. The van der Waals surface area contributed by atoms with Gasteiger partial charge in [-0.05, 0) is 12.1 Å². The molecule has 2 nitrogen and oxygen atoms in total. The van der Waals surface area contributed by atoms with E-state index in [1.807, 2.05) is 12.1 Å². The van der Waals surface area contributed by atoms with E-state index in [0.29, 0.717) is 6.54 Å². The van der Waals surface area contributed by atoms with Gasteiger partial charge in [0.2, 0.25) is 0 Å². The largest absolute Gasteiger partial charge is 0.467 e. The van der Waals surface area contributed by atoms with Crippen LogP contribution in [0.5, 0.6) is 0 Å². The standard InChI is InChI=1S/C10H15NOS/c1-10(2,3)9(13)11-7-8-5-4-6-12-8/h4-6H,7H2,1-3H3,(H,11,13). The topological polar surface area (TPSA) is 25.2 Å². The first-order valence-corrected chi connectivity index (χ1v) is 4.71. The van der Waals surface area contributed by atoms with Crippen LogP contribution in [0.1, 0.15) is 26.5 Å². The summed E-state index contributed by atoms with van der Waals surface area (Å²) >= 11 is 5.21. The smallest absolute Gasteiger partial charge is 0.122 e. The fourth-order valence-electron chi connectivity index (χ4n) is 0.846. The predicted molar refractivity (Wildman–Crippen MR) is 57.6 cm³/mol. The normalized spacial score (nSPS) is 11.3. The average Bonchev–Trinajstić information content (AvgIpc) is 2.50. The molecular formula is C10H15NOS. The van der Waals surface area contributed by atoms with Crippen molar-refractivity contribution in [3.05, 3.63) is 24.2 Å². The molecule has 0 aliphatic carbocycles. The van der Waals surface area contributed by atoms with Gasteiger partial charge in [-0.15, -0.1) is 0 Å². The first-order chi connectivity index (χ1) is 6.00. The second kappa shape index (κ2) is 3.92. The van der Waals surface area contributed by atoms with Gasteiger partial charge in [-0.1, -0.05) is 33.0 Å². The average molecular weight is 197 g/mol.